The predicted octanol–water partition coefficient (Wildman–Crippen LogP) is 2.68. The van der Waals surface area contributed by atoms with Crippen molar-refractivity contribution in [3.8, 4) is 5.75 Å². The summed E-state index contributed by atoms with van der Waals surface area (Å²) in [5.41, 5.74) is 2.20. The topological polar surface area (TPSA) is 47.3 Å². The van der Waals surface area contributed by atoms with Crippen LogP contribution < -0.4 is 4.74 Å². The third-order valence-electron chi connectivity index (χ3n) is 4.17. The lowest BCUT2D eigenvalue weighted by atomic mass is 9.85. The Kier molecular flexibility index (Phi) is 3.49. The molecule has 2 unspecified atom stereocenters. The maximum atomic E-state index is 10.7. The monoisotopic (exact) mass is 272 g/mol. The first kappa shape index (κ1) is 13.2. The molecule has 4 heteroatoms. The molecule has 0 spiro atoms. The largest absolute Gasteiger partial charge is 0.497 e. The summed E-state index contributed by atoms with van der Waals surface area (Å²) in [6, 6.07) is 6.00. The zero-order chi connectivity index (χ0) is 14.1. The molecule has 0 saturated heterocycles. The normalized spacial score (nSPS) is 21.6. The Balaban J connectivity index is 1.95. The van der Waals surface area contributed by atoms with Crippen molar-refractivity contribution in [3.05, 3.63) is 47.5 Å². The van der Waals surface area contributed by atoms with Crippen molar-refractivity contribution in [2.45, 2.75) is 38.3 Å². The summed E-state index contributed by atoms with van der Waals surface area (Å²) in [7, 11) is 1.67. The number of aryl methyl sites for hydroxylation is 2. The molecule has 0 aliphatic heterocycles. The fourth-order valence-corrected chi connectivity index (χ4v) is 3.09. The van der Waals surface area contributed by atoms with Gasteiger partial charge in [0, 0.05) is 18.8 Å². The van der Waals surface area contributed by atoms with E-state index in [9.17, 15) is 5.11 Å². The number of nitrogens with zero attached hydrogens (tertiary/aromatic N) is 2. The van der Waals surface area contributed by atoms with Crippen LogP contribution >= 0.6 is 0 Å². The molecule has 2 aromatic rings. The van der Waals surface area contributed by atoms with Gasteiger partial charge in [-0.3, -0.25) is 0 Å². The Morgan fingerprint density at radius 3 is 3.05 bits per heavy atom. The van der Waals surface area contributed by atoms with Crippen molar-refractivity contribution < 1.29 is 9.84 Å². The van der Waals surface area contributed by atoms with Crippen LogP contribution in [0.25, 0.3) is 0 Å². The van der Waals surface area contributed by atoms with E-state index in [4.69, 9.17) is 4.74 Å². The highest BCUT2D eigenvalue weighted by molar-refractivity contribution is 5.39. The molecule has 3 rings (SSSR count). The minimum atomic E-state index is -0.482. The van der Waals surface area contributed by atoms with E-state index in [0.29, 0.717) is 0 Å². The first-order valence-electron chi connectivity index (χ1n) is 7.11. The summed E-state index contributed by atoms with van der Waals surface area (Å²) < 4.78 is 7.38. The zero-order valence-corrected chi connectivity index (χ0v) is 11.9. The molecule has 2 atom stereocenters. The van der Waals surface area contributed by atoms with Crippen molar-refractivity contribution in [3.63, 3.8) is 0 Å². The van der Waals surface area contributed by atoms with Crippen molar-refractivity contribution in [1.82, 2.24) is 9.55 Å². The molecule has 0 bridgehead atoms. The molecular formula is C16H20N2O2. The number of fused-ring (bicyclic) bond motifs is 1. The Hall–Kier alpha value is -1.81. The van der Waals surface area contributed by atoms with Crippen LogP contribution in [0.3, 0.4) is 0 Å². The lowest BCUT2D eigenvalue weighted by molar-refractivity contribution is 0.0972. The summed E-state index contributed by atoms with van der Waals surface area (Å²) in [6.07, 6.45) is 6.06. The second kappa shape index (κ2) is 5.29. The van der Waals surface area contributed by atoms with Gasteiger partial charge in [0.1, 0.15) is 11.6 Å². The Labute approximate surface area is 119 Å². The van der Waals surface area contributed by atoms with E-state index >= 15 is 0 Å². The van der Waals surface area contributed by atoms with E-state index < -0.39 is 6.10 Å². The third-order valence-corrected chi connectivity index (χ3v) is 4.17. The standard InChI is InChI=1S/C16H20N2O2/c1-3-15-17-8-9-18(15)14-7-4-11-10-12(20-2)5-6-13(11)16(14)19/h5-6,8-10,14,16,19H,3-4,7H2,1-2H3. The van der Waals surface area contributed by atoms with Gasteiger partial charge in [-0.25, -0.2) is 4.98 Å². The SMILES string of the molecule is CCc1nccn1C1CCc2cc(OC)ccc2C1O. The molecule has 106 valence electrons. The van der Waals surface area contributed by atoms with Crippen molar-refractivity contribution >= 4 is 0 Å². The van der Waals surface area contributed by atoms with Gasteiger partial charge in [0.05, 0.1) is 19.3 Å². The molecule has 4 nitrogen and oxygen atoms in total. The van der Waals surface area contributed by atoms with Crippen LogP contribution in [0.1, 0.15) is 42.4 Å². The lowest BCUT2D eigenvalue weighted by Gasteiger charge is -2.32. The van der Waals surface area contributed by atoms with Crippen molar-refractivity contribution in [2.75, 3.05) is 7.11 Å². The Morgan fingerprint density at radius 1 is 1.45 bits per heavy atom. The van der Waals surface area contributed by atoms with E-state index in [1.807, 2.05) is 30.6 Å². The zero-order valence-electron chi connectivity index (χ0n) is 11.9. The van der Waals surface area contributed by atoms with Crippen LogP contribution in [-0.2, 0) is 12.8 Å². The average Bonchev–Trinajstić information content (AvgIpc) is 2.95. The number of imidazole rings is 1. The Morgan fingerprint density at radius 2 is 2.30 bits per heavy atom. The fourth-order valence-electron chi connectivity index (χ4n) is 3.09. The van der Waals surface area contributed by atoms with Gasteiger partial charge in [-0.2, -0.15) is 0 Å². The highest BCUT2D eigenvalue weighted by Gasteiger charge is 2.30. The molecule has 20 heavy (non-hydrogen) atoms. The molecule has 0 fully saturated rings. The van der Waals surface area contributed by atoms with Gasteiger partial charge in [-0.05, 0) is 36.1 Å². The minimum Gasteiger partial charge on any atom is -0.497 e. The number of methoxy groups -OCH3 is 1. The summed E-state index contributed by atoms with van der Waals surface area (Å²) in [5, 5.41) is 10.7. The number of aliphatic hydroxyl groups is 1. The molecular weight excluding hydrogens is 252 g/mol. The number of aromatic nitrogens is 2. The van der Waals surface area contributed by atoms with Crippen LogP contribution in [0, 0.1) is 0 Å². The molecule has 1 aliphatic rings. The average molecular weight is 272 g/mol. The summed E-state index contributed by atoms with van der Waals surface area (Å²) >= 11 is 0. The predicted molar refractivity (Wildman–Crippen MR) is 76.9 cm³/mol. The van der Waals surface area contributed by atoms with Crippen LogP contribution in [0.5, 0.6) is 5.75 Å². The molecule has 1 N–H and O–H groups in total. The number of ether oxygens (including phenoxy) is 1. The molecule has 1 heterocycles. The van der Waals surface area contributed by atoms with Gasteiger partial charge >= 0.3 is 0 Å². The van der Waals surface area contributed by atoms with Gasteiger partial charge in [-0.15, -0.1) is 0 Å². The molecule has 1 aromatic heterocycles. The highest BCUT2D eigenvalue weighted by atomic mass is 16.5. The van der Waals surface area contributed by atoms with Gasteiger partial charge in [-0.1, -0.05) is 13.0 Å². The lowest BCUT2D eigenvalue weighted by Crippen LogP contribution is -2.24. The third kappa shape index (κ3) is 2.10. The summed E-state index contributed by atoms with van der Waals surface area (Å²) in [5.74, 6) is 1.89. The van der Waals surface area contributed by atoms with Crippen LogP contribution in [0.2, 0.25) is 0 Å². The number of hydrogen-bond acceptors (Lipinski definition) is 3. The second-order valence-electron chi connectivity index (χ2n) is 5.22. The van der Waals surface area contributed by atoms with Crippen LogP contribution in [-0.4, -0.2) is 21.8 Å². The van der Waals surface area contributed by atoms with Crippen molar-refractivity contribution in [1.29, 1.82) is 0 Å². The Bertz CT molecular complexity index is 606. The van der Waals surface area contributed by atoms with E-state index in [1.54, 1.807) is 7.11 Å². The second-order valence-corrected chi connectivity index (χ2v) is 5.22. The highest BCUT2D eigenvalue weighted by Crippen LogP contribution is 2.39. The van der Waals surface area contributed by atoms with Crippen molar-refractivity contribution in [2.24, 2.45) is 0 Å². The molecule has 1 aliphatic carbocycles. The number of benzene rings is 1. The number of aliphatic hydroxyl groups excluding tert-OH is 1. The summed E-state index contributed by atoms with van der Waals surface area (Å²) in [4.78, 5) is 4.36. The first-order valence-corrected chi connectivity index (χ1v) is 7.11. The minimum absolute atomic E-state index is 0.0772. The number of hydrogen-bond donors (Lipinski definition) is 1. The number of rotatable bonds is 3. The van der Waals surface area contributed by atoms with E-state index in [0.717, 1.165) is 36.4 Å². The smallest absolute Gasteiger partial charge is 0.119 e. The van der Waals surface area contributed by atoms with Gasteiger partial charge in [0.2, 0.25) is 0 Å². The van der Waals surface area contributed by atoms with E-state index in [1.165, 1.54) is 5.56 Å². The van der Waals surface area contributed by atoms with Crippen LogP contribution in [0.4, 0.5) is 0 Å². The molecule has 0 amide bonds. The molecule has 0 saturated carbocycles. The summed E-state index contributed by atoms with van der Waals surface area (Å²) in [6.45, 7) is 2.09. The first-order chi connectivity index (χ1) is 9.74. The maximum Gasteiger partial charge on any atom is 0.119 e. The van der Waals surface area contributed by atoms with E-state index in [2.05, 4.69) is 16.5 Å². The molecule has 0 radical (unpaired) electrons. The quantitative estimate of drug-likeness (QED) is 0.934. The van der Waals surface area contributed by atoms with Gasteiger partial charge in [0.25, 0.3) is 0 Å². The van der Waals surface area contributed by atoms with Crippen LogP contribution in [0.15, 0.2) is 30.6 Å². The fraction of sp³-hybridized carbons (Fsp3) is 0.438. The van der Waals surface area contributed by atoms with Gasteiger partial charge in [0.15, 0.2) is 0 Å². The van der Waals surface area contributed by atoms with Gasteiger partial charge < -0.3 is 14.4 Å². The van der Waals surface area contributed by atoms with E-state index in [-0.39, 0.29) is 6.04 Å². The maximum absolute atomic E-state index is 10.7. The molecule has 1 aromatic carbocycles.